The predicted octanol–water partition coefficient (Wildman–Crippen LogP) is 6.94. The molecule has 2 heterocycles. The van der Waals surface area contributed by atoms with Gasteiger partial charge in [0.05, 0.1) is 22.4 Å². The number of ether oxygens (including phenoxy) is 2. The first kappa shape index (κ1) is 33.8. The summed E-state index contributed by atoms with van der Waals surface area (Å²) in [6.07, 6.45) is 5.00. The lowest BCUT2D eigenvalue weighted by Gasteiger charge is -2.24. The fourth-order valence-electron chi connectivity index (χ4n) is 5.46. The van der Waals surface area contributed by atoms with E-state index >= 15 is 0 Å². The van der Waals surface area contributed by atoms with Gasteiger partial charge in [-0.2, -0.15) is 16.8 Å². The van der Waals surface area contributed by atoms with Crippen LogP contribution in [0.5, 0.6) is 11.5 Å². The molecule has 0 fully saturated rings. The van der Waals surface area contributed by atoms with Gasteiger partial charge in [-0.05, 0) is 73.2 Å². The molecular weight excluding hydrogens is 652 g/mol. The monoisotopic (exact) mass is 688 g/mol. The standard InChI is InChI=1S/C33H37ClN2O8S2/c1-3-24(10-15-32-35(17-7-19-45(37,38)39)29-22-27(34)12-14-31(29)43-32)20-33-36(18-16-23(2)46(40,41)42)28-21-26(11-13-30(28)44-33)25-8-5-4-6-9-25/h4-6,8-14,20-23,32H,3,7,15-19H2,1-2H3,(H,37,38,39)(H,40,41,42). The minimum Gasteiger partial charge on any atom is -0.468 e. The molecule has 3 aromatic rings. The van der Waals surface area contributed by atoms with Gasteiger partial charge in [-0.3, -0.25) is 9.11 Å². The first-order valence-electron chi connectivity index (χ1n) is 15.0. The third-order valence-corrected chi connectivity index (χ3v) is 10.3. The average Bonchev–Trinajstić information content (AvgIpc) is 3.53. The Balaban J connectivity index is 1.41. The normalized spacial score (nSPS) is 17.9. The molecule has 0 aliphatic carbocycles. The molecule has 0 amide bonds. The zero-order valence-electron chi connectivity index (χ0n) is 25.5. The summed E-state index contributed by atoms with van der Waals surface area (Å²) in [5.74, 6) is 1.43. The second kappa shape index (κ2) is 14.1. The van der Waals surface area contributed by atoms with Crippen molar-refractivity contribution in [1.29, 1.82) is 0 Å². The third kappa shape index (κ3) is 8.23. The summed E-state index contributed by atoms with van der Waals surface area (Å²) < 4.78 is 77.6. The summed E-state index contributed by atoms with van der Waals surface area (Å²) in [4.78, 5) is 3.87. The molecule has 246 valence electrons. The van der Waals surface area contributed by atoms with Gasteiger partial charge < -0.3 is 19.3 Å². The molecule has 3 aromatic carbocycles. The smallest absolute Gasteiger partial charge is 0.267 e. The van der Waals surface area contributed by atoms with Gasteiger partial charge >= 0.3 is 0 Å². The Morgan fingerprint density at radius 3 is 2.39 bits per heavy atom. The lowest BCUT2D eigenvalue weighted by Crippen LogP contribution is -2.35. The molecule has 0 aromatic heterocycles. The number of benzene rings is 3. The van der Waals surface area contributed by atoms with Gasteiger partial charge in [-0.25, -0.2) is 0 Å². The third-order valence-electron chi connectivity index (χ3n) is 8.05. The van der Waals surface area contributed by atoms with E-state index in [4.69, 9.17) is 21.1 Å². The number of fused-ring (bicyclic) bond motifs is 2. The SMILES string of the molecule is CCC(=CCC1Oc2ccc(Cl)cc2N1CCCS(=O)(=O)O)C=C1Oc2ccc(-c3ccccc3)cc2N1CCC(C)S(=O)(=O)O. The molecule has 2 N–H and O–H groups in total. The van der Waals surface area contributed by atoms with Crippen LogP contribution in [0.3, 0.4) is 0 Å². The molecule has 13 heteroatoms. The van der Waals surface area contributed by atoms with E-state index in [1.54, 1.807) is 18.2 Å². The summed E-state index contributed by atoms with van der Waals surface area (Å²) in [5, 5.41) is -0.438. The lowest BCUT2D eigenvalue weighted by atomic mass is 10.0. The van der Waals surface area contributed by atoms with Crippen molar-refractivity contribution in [2.24, 2.45) is 0 Å². The fourth-order valence-corrected chi connectivity index (χ4v) is 6.53. The van der Waals surface area contributed by atoms with Crippen LogP contribution in [-0.2, 0) is 20.2 Å². The zero-order chi connectivity index (χ0) is 33.1. The Morgan fingerprint density at radius 1 is 0.957 bits per heavy atom. The van der Waals surface area contributed by atoms with Crippen LogP contribution in [0.1, 0.15) is 39.5 Å². The highest BCUT2D eigenvalue weighted by Gasteiger charge is 2.31. The number of allylic oxidation sites excluding steroid dienone is 2. The van der Waals surface area contributed by atoms with E-state index in [0.717, 1.165) is 28.1 Å². The highest BCUT2D eigenvalue weighted by Crippen LogP contribution is 2.43. The fraction of sp³-hybridized carbons (Fsp3) is 0.333. The Kier molecular flexibility index (Phi) is 10.3. The van der Waals surface area contributed by atoms with Gasteiger partial charge in [-0.1, -0.05) is 61.0 Å². The maximum atomic E-state index is 11.8. The van der Waals surface area contributed by atoms with Crippen LogP contribution in [0, 0.1) is 0 Å². The molecule has 5 rings (SSSR count). The molecule has 2 aliphatic heterocycles. The van der Waals surface area contributed by atoms with Crippen LogP contribution < -0.4 is 19.3 Å². The summed E-state index contributed by atoms with van der Waals surface area (Å²) in [6.45, 7) is 4.11. The minimum atomic E-state index is -4.20. The topological polar surface area (TPSA) is 134 Å². The van der Waals surface area contributed by atoms with Crippen molar-refractivity contribution in [2.45, 2.75) is 51.0 Å². The van der Waals surface area contributed by atoms with Crippen molar-refractivity contribution in [2.75, 3.05) is 28.6 Å². The van der Waals surface area contributed by atoms with E-state index in [2.05, 4.69) is 0 Å². The summed E-state index contributed by atoms with van der Waals surface area (Å²) in [6, 6.07) is 21.1. The first-order valence-corrected chi connectivity index (χ1v) is 18.5. The van der Waals surface area contributed by atoms with Crippen molar-refractivity contribution in [3.05, 3.63) is 95.4 Å². The molecule has 10 nitrogen and oxygen atoms in total. The average molecular weight is 689 g/mol. The summed E-state index contributed by atoms with van der Waals surface area (Å²) in [5.41, 5.74) is 4.50. The maximum absolute atomic E-state index is 11.8. The van der Waals surface area contributed by atoms with Crippen molar-refractivity contribution in [1.82, 2.24) is 0 Å². The molecule has 0 saturated heterocycles. The van der Waals surface area contributed by atoms with Crippen LogP contribution in [0.4, 0.5) is 11.4 Å². The van der Waals surface area contributed by atoms with E-state index in [-0.39, 0.29) is 18.6 Å². The van der Waals surface area contributed by atoms with Crippen molar-refractivity contribution in [3.8, 4) is 22.6 Å². The Hall–Kier alpha value is -3.55. The minimum absolute atomic E-state index is 0.176. The maximum Gasteiger partial charge on any atom is 0.267 e. The molecule has 0 bridgehead atoms. The van der Waals surface area contributed by atoms with Crippen LogP contribution >= 0.6 is 11.6 Å². The van der Waals surface area contributed by atoms with Crippen molar-refractivity contribution >= 4 is 43.2 Å². The highest BCUT2D eigenvalue weighted by molar-refractivity contribution is 7.86. The largest absolute Gasteiger partial charge is 0.468 e. The lowest BCUT2D eigenvalue weighted by molar-refractivity contribution is 0.226. The molecule has 0 radical (unpaired) electrons. The second-order valence-corrected chi connectivity index (χ2v) is 15.1. The molecule has 2 aliphatic rings. The van der Waals surface area contributed by atoms with Crippen LogP contribution in [0.25, 0.3) is 11.1 Å². The van der Waals surface area contributed by atoms with Gasteiger partial charge in [0.25, 0.3) is 20.2 Å². The molecule has 0 saturated carbocycles. The van der Waals surface area contributed by atoms with Gasteiger partial charge in [0.1, 0.15) is 5.75 Å². The molecule has 2 unspecified atom stereocenters. The van der Waals surface area contributed by atoms with Gasteiger partial charge in [0.2, 0.25) is 5.88 Å². The van der Waals surface area contributed by atoms with Gasteiger partial charge in [-0.15, -0.1) is 0 Å². The second-order valence-electron chi connectivity index (χ2n) is 11.3. The number of halogens is 1. The number of nitrogens with zero attached hydrogens (tertiary/aromatic N) is 2. The van der Waals surface area contributed by atoms with E-state index in [1.165, 1.54) is 6.92 Å². The first-order chi connectivity index (χ1) is 21.8. The van der Waals surface area contributed by atoms with E-state index in [9.17, 15) is 25.9 Å². The number of anilines is 2. The van der Waals surface area contributed by atoms with E-state index in [1.807, 2.05) is 77.4 Å². The number of rotatable bonds is 13. The van der Waals surface area contributed by atoms with Gasteiger partial charge in [0, 0.05) is 30.6 Å². The Bertz CT molecular complexity index is 1850. The van der Waals surface area contributed by atoms with Gasteiger partial charge in [0.15, 0.2) is 12.0 Å². The Labute approximate surface area is 275 Å². The number of hydrogen-bond donors (Lipinski definition) is 2. The molecule has 2 atom stereocenters. The van der Waals surface area contributed by atoms with Crippen molar-refractivity contribution < 1.29 is 35.4 Å². The highest BCUT2D eigenvalue weighted by atomic mass is 35.5. The molecule has 46 heavy (non-hydrogen) atoms. The van der Waals surface area contributed by atoms with Crippen LogP contribution in [0.2, 0.25) is 5.02 Å². The van der Waals surface area contributed by atoms with Crippen LogP contribution in [-0.4, -0.2) is 56.3 Å². The Morgan fingerprint density at radius 2 is 1.70 bits per heavy atom. The van der Waals surface area contributed by atoms with Crippen molar-refractivity contribution in [3.63, 3.8) is 0 Å². The summed E-state index contributed by atoms with van der Waals surface area (Å²) >= 11 is 6.25. The van der Waals surface area contributed by atoms with E-state index < -0.39 is 31.7 Å². The molecule has 0 spiro atoms. The summed E-state index contributed by atoms with van der Waals surface area (Å²) in [7, 11) is -8.31. The molecular formula is C33H37ClN2O8S2. The zero-order valence-corrected chi connectivity index (χ0v) is 27.9. The quantitative estimate of drug-likeness (QED) is 0.182. The van der Waals surface area contributed by atoms with Crippen LogP contribution in [0.15, 0.2) is 90.3 Å². The predicted molar refractivity (Wildman–Crippen MR) is 181 cm³/mol. The van der Waals surface area contributed by atoms with E-state index in [0.29, 0.717) is 48.3 Å². The number of hydrogen-bond acceptors (Lipinski definition) is 8.